The summed E-state index contributed by atoms with van der Waals surface area (Å²) in [7, 11) is 3.19. The van der Waals surface area contributed by atoms with Crippen LogP contribution in [0.25, 0.3) is 0 Å². The summed E-state index contributed by atoms with van der Waals surface area (Å²) in [5.41, 5.74) is 0.647. The molecular weight excluding hydrogens is 216 g/mol. The van der Waals surface area contributed by atoms with E-state index in [1.54, 1.807) is 27.7 Å². The Morgan fingerprint density at radius 3 is 2.79 bits per heavy atom. The first kappa shape index (κ1) is 11.5. The van der Waals surface area contributed by atoms with Gasteiger partial charge in [-0.2, -0.15) is 0 Å². The Morgan fingerprint density at radius 2 is 2.14 bits per heavy atom. The van der Waals surface area contributed by atoms with Gasteiger partial charge in [0.1, 0.15) is 0 Å². The van der Waals surface area contributed by atoms with Crippen LogP contribution < -0.4 is 0 Å². The Labute approximate surface area is 91.8 Å². The minimum Gasteiger partial charge on any atom is -0.462 e. The van der Waals surface area contributed by atoms with Crippen LogP contribution in [0.5, 0.6) is 0 Å². The maximum Gasteiger partial charge on any atom is 0.339 e. The van der Waals surface area contributed by atoms with Crippen molar-refractivity contribution in [1.82, 2.24) is 0 Å². The first-order chi connectivity index (χ1) is 6.79. The SMILES string of the molecule is CCOC(=O)c1ccccc1SSC. The van der Waals surface area contributed by atoms with Crippen LogP contribution in [-0.2, 0) is 4.74 Å². The zero-order valence-corrected chi connectivity index (χ0v) is 9.78. The molecule has 0 N–H and O–H groups in total. The second-order valence-electron chi connectivity index (χ2n) is 2.47. The van der Waals surface area contributed by atoms with Gasteiger partial charge in [-0.3, -0.25) is 0 Å². The fraction of sp³-hybridized carbons (Fsp3) is 0.300. The lowest BCUT2D eigenvalue weighted by atomic mass is 10.2. The van der Waals surface area contributed by atoms with Gasteiger partial charge in [-0.15, -0.1) is 0 Å². The summed E-state index contributed by atoms with van der Waals surface area (Å²) < 4.78 is 4.95. The normalized spacial score (nSPS) is 9.86. The summed E-state index contributed by atoms with van der Waals surface area (Å²) in [5.74, 6) is -0.246. The molecule has 0 saturated carbocycles. The molecule has 0 aromatic heterocycles. The Balaban J connectivity index is 2.88. The van der Waals surface area contributed by atoms with Crippen LogP contribution in [0.4, 0.5) is 0 Å². The van der Waals surface area contributed by atoms with Gasteiger partial charge in [0.2, 0.25) is 0 Å². The van der Waals surface area contributed by atoms with Crippen LogP contribution in [0.2, 0.25) is 0 Å². The molecule has 1 aromatic carbocycles. The third-order valence-corrected chi connectivity index (χ3v) is 3.30. The number of rotatable bonds is 4. The summed E-state index contributed by atoms with van der Waals surface area (Å²) in [4.78, 5) is 12.5. The Kier molecular flexibility index (Phi) is 4.90. The molecule has 0 aliphatic rings. The number of benzene rings is 1. The molecule has 0 spiro atoms. The average molecular weight is 228 g/mol. The zero-order chi connectivity index (χ0) is 10.4. The summed E-state index contributed by atoms with van der Waals surface area (Å²) >= 11 is 0. The maximum atomic E-state index is 11.5. The van der Waals surface area contributed by atoms with E-state index in [0.29, 0.717) is 12.2 Å². The van der Waals surface area contributed by atoms with Crippen molar-refractivity contribution in [2.45, 2.75) is 11.8 Å². The van der Waals surface area contributed by atoms with E-state index in [9.17, 15) is 4.79 Å². The molecule has 0 fully saturated rings. The van der Waals surface area contributed by atoms with E-state index in [2.05, 4.69) is 0 Å². The molecule has 4 heteroatoms. The number of hydrogen-bond donors (Lipinski definition) is 0. The highest BCUT2D eigenvalue weighted by Crippen LogP contribution is 2.31. The Bertz CT molecular complexity index is 313. The topological polar surface area (TPSA) is 26.3 Å². The van der Waals surface area contributed by atoms with Crippen LogP contribution >= 0.6 is 21.6 Å². The standard InChI is InChI=1S/C10H12O2S2/c1-3-12-10(11)8-6-4-5-7-9(8)14-13-2/h4-7H,3H2,1-2H3. The van der Waals surface area contributed by atoms with Gasteiger partial charge < -0.3 is 4.74 Å². The fourth-order valence-electron chi connectivity index (χ4n) is 1.01. The zero-order valence-electron chi connectivity index (χ0n) is 8.15. The second kappa shape index (κ2) is 5.98. The smallest absolute Gasteiger partial charge is 0.339 e. The van der Waals surface area contributed by atoms with Crippen LogP contribution in [-0.4, -0.2) is 18.8 Å². The number of esters is 1. The van der Waals surface area contributed by atoms with E-state index in [-0.39, 0.29) is 5.97 Å². The number of carbonyl (C=O) groups is 1. The molecule has 1 rings (SSSR count). The molecule has 0 heterocycles. The van der Waals surface area contributed by atoms with Gasteiger partial charge in [-0.25, -0.2) is 4.79 Å². The van der Waals surface area contributed by atoms with Crippen LogP contribution in [0, 0.1) is 0 Å². The highest BCUT2D eigenvalue weighted by Gasteiger charge is 2.11. The Hall–Kier alpha value is -0.610. The fourth-order valence-corrected chi connectivity index (χ4v) is 2.54. The van der Waals surface area contributed by atoms with Crippen molar-refractivity contribution in [3.63, 3.8) is 0 Å². The molecule has 0 saturated heterocycles. The van der Waals surface area contributed by atoms with Gasteiger partial charge in [-0.05, 0) is 25.3 Å². The molecule has 0 atom stereocenters. The van der Waals surface area contributed by atoms with Crippen LogP contribution in [0.3, 0.4) is 0 Å². The van der Waals surface area contributed by atoms with Gasteiger partial charge in [0, 0.05) is 4.90 Å². The molecule has 2 nitrogen and oxygen atoms in total. The third-order valence-electron chi connectivity index (χ3n) is 1.56. The Morgan fingerprint density at radius 1 is 1.43 bits per heavy atom. The van der Waals surface area contributed by atoms with Gasteiger partial charge in [0.25, 0.3) is 0 Å². The first-order valence-corrected chi connectivity index (χ1v) is 6.82. The summed E-state index contributed by atoms with van der Waals surface area (Å²) in [6.45, 7) is 2.22. The molecule has 0 amide bonds. The van der Waals surface area contributed by atoms with Crippen molar-refractivity contribution in [3.05, 3.63) is 29.8 Å². The second-order valence-corrected chi connectivity index (χ2v) is 4.91. The number of carbonyl (C=O) groups excluding carboxylic acids is 1. The molecule has 14 heavy (non-hydrogen) atoms. The largest absolute Gasteiger partial charge is 0.462 e. The highest BCUT2D eigenvalue weighted by atomic mass is 33.1. The highest BCUT2D eigenvalue weighted by molar-refractivity contribution is 8.76. The molecule has 76 valence electrons. The minimum atomic E-state index is -0.246. The van der Waals surface area contributed by atoms with Crippen molar-refractivity contribution in [2.24, 2.45) is 0 Å². The van der Waals surface area contributed by atoms with Gasteiger partial charge in [-0.1, -0.05) is 33.7 Å². The lowest BCUT2D eigenvalue weighted by molar-refractivity contribution is 0.0522. The van der Waals surface area contributed by atoms with Crippen molar-refractivity contribution >= 4 is 27.6 Å². The number of ether oxygens (including phenoxy) is 1. The van der Waals surface area contributed by atoms with E-state index in [1.165, 1.54) is 0 Å². The van der Waals surface area contributed by atoms with E-state index in [0.717, 1.165) is 4.90 Å². The van der Waals surface area contributed by atoms with Gasteiger partial charge in [0.05, 0.1) is 12.2 Å². The molecule has 0 radical (unpaired) electrons. The third kappa shape index (κ3) is 2.96. The minimum absolute atomic E-state index is 0.246. The lowest BCUT2D eigenvalue weighted by Crippen LogP contribution is -2.05. The quantitative estimate of drug-likeness (QED) is 0.584. The molecule has 0 unspecified atom stereocenters. The van der Waals surface area contributed by atoms with Crippen LogP contribution in [0.1, 0.15) is 17.3 Å². The van der Waals surface area contributed by atoms with Gasteiger partial charge >= 0.3 is 5.97 Å². The van der Waals surface area contributed by atoms with Crippen molar-refractivity contribution in [3.8, 4) is 0 Å². The predicted molar refractivity (Wildman–Crippen MR) is 61.8 cm³/mol. The predicted octanol–water partition coefficient (Wildman–Crippen LogP) is 3.23. The van der Waals surface area contributed by atoms with Gasteiger partial charge in [0.15, 0.2) is 0 Å². The lowest BCUT2D eigenvalue weighted by Gasteiger charge is -2.06. The molecule has 0 aliphatic heterocycles. The average Bonchev–Trinajstić information content (AvgIpc) is 2.19. The summed E-state index contributed by atoms with van der Waals surface area (Å²) in [5, 5.41) is 0. The molecule has 0 aliphatic carbocycles. The molecule has 1 aromatic rings. The molecule has 0 bridgehead atoms. The monoisotopic (exact) mass is 228 g/mol. The van der Waals surface area contributed by atoms with Crippen molar-refractivity contribution in [2.75, 3.05) is 12.9 Å². The van der Waals surface area contributed by atoms with E-state index >= 15 is 0 Å². The summed E-state index contributed by atoms with van der Waals surface area (Å²) in [6.07, 6.45) is 1.98. The summed E-state index contributed by atoms with van der Waals surface area (Å²) in [6, 6.07) is 7.47. The first-order valence-electron chi connectivity index (χ1n) is 4.26. The maximum absolute atomic E-state index is 11.5. The van der Waals surface area contributed by atoms with Crippen molar-refractivity contribution in [1.29, 1.82) is 0 Å². The van der Waals surface area contributed by atoms with E-state index in [1.807, 2.05) is 31.4 Å². The van der Waals surface area contributed by atoms with Crippen molar-refractivity contribution < 1.29 is 9.53 Å². The number of hydrogen-bond acceptors (Lipinski definition) is 4. The van der Waals surface area contributed by atoms with Crippen LogP contribution in [0.15, 0.2) is 29.2 Å². The van der Waals surface area contributed by atoms with E-state index in [4.69, 9.17) is 4.74 Å². The molecular formula is C10H12O2S2. The van der Waals surface area contributed by atoms with E-state index < -0.39 is 0 Å².